The van der Waals surface area contributed by atoms with Gasteiger partial charge in [0.2, 0.25) is 0 Å². The highest BCUT2D eigenvalue weighted by Gasteiger charge is 2.05. The Morgan fingerprint density at radius 3 is 2.69 bits per heavy atom. The summed E-state index contributed by atoms with van der Waals surface area (Å²) in [7, 11) is 0. The minimum absolute atomic E-state index is 0.00884. The molecule has 0 heterocycles. The number of carbonyl (C=O) groups excluding carboxylic acids is 1. The standard InChI is InChI=1S/C10H12O3/c1-3-13-10-5-4-8(7(2)11)6-9(10)12/h4-6,12H,3H2,1-2H3. The van der Waals surface area contributed by atoms with Crippen LogP contribution in [0.2, 0.25) is 0 Å². The van der Waals surface area contributed by atoms with E-state index in [1.54, 1.807) is 12.1 Å². The number of aromatic hydroxyl groups is 1. The number of Topliss-reactive ketones (excluding diaryl/α,β-unsaturated/α-hetero) is 1. The maximum absolute atomic E-state index is 10.9. The molecule has 1 rings (SSSR count). The van der Waals surface area contributed by atoms with Crippen LogP contribution >= 0.6 is 0 Å². The van der Waals surface area contributed by atoms with Gasteiger partial charge in [-0.2, -0.15) is 0 Å². The molecule has 3 nitrogen and oxygen atoms in total. The van der Waals surface area contributed by atoms with E-state index in [1.807, 2.05) is 6.92 Å². The van der Waals surface area contributed by atoms with E-state index in [0.29, 0.717) is 17.9 Å². The van der Waals surface area contributed by atoms with E-state index in [4.69, 9.17) is 4.74 Å². The van der Waals surface area contributed by atoms with Gasteiger partial charge in [0.05, 0.1) is 6.61 Å². The zero-order chi connectivity index (χ0) is 9.84. The lowest BCUT2D eigenvalue weighted by molar-refractivity contribution is 0.101. The van der Waals surface area contributed by atoms with E-state index >= 15 is 0 Å². The van der Waals surface area contributed by atoms with Crippen LogP contribution in [0.25, 0.3) is 0 Å². The van der Waals surface area contributed by atoms with E-state index in [1.165, 1.54) is 13.0 Å². The summed E-state index contributed by atoms with van der Waals surface area (Å²) in [4.78, 5) is 10.9. The fourth-order valence-corrected chi connectivity index (χ4v) is 1.01. The van der Waals surface area contributed by atoms with Crippen LogP contribution in [0.4, 0.5) is 0 Å². The average Bonchev–Trinajstić information content (AvgIpc) is 2.08. The molecule has 0 atom stereocenters. The molecule has 70 valence electrons. The van der Waals surface area contributed by atoms with Gasteiger partial charge in [-0.15, -0.1) is 0 Å². The number of phenolic OH excluding ortho intramolecular Hbond substituents is 1. The molecule has 1 aromatic rings. The topological polar surface area (TPSA) is 46.5 Å². The fourth-order valence-electron chi connectivity index (χ4n) is 1.01. The Hall–Kier alpha value is -1.51. The lowest BCUT2D eigenvalue weighted by Crippen LogP contribution is -1.95. The van der Waals surface area contributed by atoms with Crippen LogP contribution in [-0.4, -0.2) is 17.5 Å². The minimum atomic E-state index is -0.0710. The molecule has 0 saturated carbocycles. The molecule has 3 heteroatoms. The summed E-state index contributed by atoms with van der Waals surface area (Å²) in [5.74, 6) is 0.348. The summed E-state index contributed by atoms with van der Waals surface area (Å²) >= 11 is 0. The van der Waals surface area contributed by atoms with Crippen LogP contribution in [0.1, 0.15) is 24.2 Å². The Labute approximate surface area is 77.0 Å². The SMILES string of the molecule is CCOc1ccc(C(C)=O)cc1O. The normalized spacial score (nSPS) is 9.69. The van der Waals surface area contributed by atoms with Gasteiger partial charge in [0, 0.05) is 5.56 Å². The zero-order valence-electron chi connectivity index (χ0n) is 7.70. The van der Waals surface area contributed by atoms with E-state index in [0.717, 1.165) is 0 Å². The Morgan fingerprint density at radius 1 is 1.54 bits per heavy atom. The van der Waals surface area contributed by atoms with Crippen molar-refractivity contribution in [1.29, 1.82) is 0 Å². The molecule has 0 unspecified atom stereocenters. The first-order valence-corrected chi connectivity index (χ1v) is 4.12. The van der Waals surface area contributed by atoms with Crippen molar-refractivity contribution in [2.75, 3.05) is 6.61 Å². The first-order valence-electron chi connectivity index (χ1n) is 4.12. The van der Waals surface area contributed by atoms with Crippen molar-refractivity contribution in [3.63, 3.8) is 0 Å². The van der Waals surface area contributed by atoms with Crippen LogP contribution in [0, 0.1) is 0 Å². The van der Waals surface area contributed by atoms with Gasteiger partial charge in [-0.1, -0.05) is 0 Å². The summed E-state index contributed by atoms with van der Waals surface area (Å²) in [6, 6.07) is 4.63. The fraction of sp³-hybridized carbons (Fsp3) is 0.300. The number of rotatable bonds is 3. The molecule has 0 aliphatic carbocycles. The summed E-state index contributed by atoms with van der Waals surface area (Å²) in [5, 5.41) is 9.39. The number of hydrogen-bond acceptors (Lipinski definition) is 3. The number of phenols is 1. The second-order valence-corrected chi connectivity index (χ2v) is 2.67. The number of carbonyl (C=O) groups is 1. The lowest BCUT2D eigenvalue weighted by atomic mass is 10.1. The van der Waals surface area contributed by atoms with Gasteiger partial charge in [-0.3, -0.25) is 4.79 Å². The third kappa shape index (κ3) is 2.21. The predicted octanol–water partition coefficient (Wildman–Crippen LogP) is 1.99. The number of hydrogen-bond donors (Lipinski definition) is 1. The highest BCUT2D eigenvalue weighted by atomic mass is 16.5. The summed E-state index contributed by atoms with van der Waals surface area (Å²) in [6.07, 6.45) is 0. The monoisotopic (exact) mass is 180 g/mol. The van der Waals surface area contributed by atoms with Crippen molar-refractivity contribution in [2.24, 2.45) is 0 Å². The molecule has 0 aliphatic heterocycles. The van der Waals surface area contributed by atoms with Gasteiger partial charge in [0.25, 0.3) is 0 Å². The van der Waals surface area contributed by atoms with Crippen LogP contribution in [-0.2, 0) is 0 Å². The molecular weight excluding hydrogens is 168 g/mol. The van der Waals surface area contributed by atoms with Crippen LogP contribution in [0.15, 0.2) is 18.2 Å². The van der Waals surface area contributed by atoms with Crippen LogP contribution in [0.5, 0.6) is 11.5 Å². The predicted molar refractivity (Wildman–Crippen MR) is 49.3 cm³/mol. The zero-order valence-corrected chi connectivity index (χ0v) is 7.70. The molecule has 0 aromatic heterocycles. The number of benzene rings is 1. The molecule has 1 N–H and O–H groups in total. The Morgan fingerprint density at radius 2 is 2.23 bits per heavy atom. The van der Waals surface area contributed by atoms with E-state index in [2.05, 4.69) is 0 Å². The molecule has 13 heavy (non-hydrogen) atoms. The maximum Gasteiger partial charge on any atom is 0.160 e. The first kappa shape index (κ1) is 9.58. The molecule has 0 amide bonds. The quantitative estimate of drug-likeness (QED) is 0.723. The van der Waals surface area contributed by atoms with Crippen molar-refractivity contribution in [1.82, 2.24) is 0 Å². The Balaban J connectivity index is 2.98. The van der Waals surface area contributed by atoms with Gasteiger partial charge < -0.3 is 9.84 Å². The number of ether oxygens (including phenoxy) is 1. The van der Waals surface area contributed by atoms with Crippen molar-refractivity contribution >= 4 is 5.78 Å². The molecule has 0 radical (unpaired) electrons. The van der Waals surface area contributed by atoms with E-state index in [-0.39, 0.29) is 11.5 Å². The Bertz CT molecular complexity index is 318. The van der Waals surface area contributed by atoms with Crippen molar-refractivity contribution in [3.8, 4) is 11.5 Å². The van der Waals surface area contributed by atoms with Gasteiger partial charge in [-0.25, -0.2) is 0 Å². The molecule has 0 spiro atoms. The highest BCUT2D eigenvalue weighted by Crippen LogP contribution is 2.26. The molecule has 1 aromatic carbocycles. The Kier molecular flexibility index (Phi) is 2.90. The molecule has 0 saturated heterocycles. The maximum atomic E-state index is 10.9. The molecule has 0 fully saturated rings. The smallest absolute Gasteiger partial charge is 0.160 e. The van der Waals surface area contributed by atoms with Gasteiger partial charge in [0.1, 0.15) is 0 Å². The summed E-state index contributed by atoms with van der Waals surface area (Å²) < 4.78 is 5.11. The molecular formula is C10H12O3. The molecule has 0 bridgehead atoms. The third-order valence-corrected chi connectivity index (χ3v) is 1.67. The lowest BCUT2D eigenvalue weighted by Gasteiger charge is -2.05. The van der Waals surface area contributed by atoms with E-state index in [9.17, 15) is 9.90 Å². The van der Waals surface area contributed by atoms with Crippen LogP contribution < -0.4 is 4.74 Å². The third-order valence-electron chi connectivity index (χ3n) is 1.67. The van der Waals surface area contributed by atoms with Crippen molar-refractivity contribution in [3.05, 3.63) is 23.8 Å². The highest BCUT2D eigenvalue weighted by molar-refractivity contribution is 5.94. The second kappa shape index (κ2) is 3.94. The van der Waals surface area contributed by atoms with Gasteiger partial charge >= 0.3 is 0 Å². The van der Waals surface area contributed by atoms with Crippen molar-refractivity contribution < 1.29 is 14.6 Å². The van der Waals surface area contributed by atoms with E-state index < -0.39 is 0 Å². The first-order chi connectivity index (χ1) is 6.15. The second-order valence-electron chi connectivity index (χ2n) is 2.67. The summed E-state index contributed by atoms with van der Waals surface area (Å²) in [6.45, 7) is 3.78. The van der Waals surface area contributed by atoms with Gasteiger partial charge in [-0.05, 0) is 32.0 Å². The van der Waals surface area contributed by atoms with Crippen molar-refractivity contribution in [2.45, 2.75) is 13.8 Å². The van der Waals surface area contributed by atoms with Gasteiger partial charge in [0.15, 0.2) is 17.3 Å². The average molecular weight is 180 g/mol. The number of ketones is 1. The molecule has 0 aliphatic rings. The summed E-state index contributed by atoms with van der Waals surface area (Å²) in [5.41, 5.74) is 0.487. The largest absolute Gasteiger partial charge is 0.504 e. The van der Waals surface area contributed by atoms with Crippen LogP contribution in [0.3, 0.4) is 0 Å². The minimum Gasteiger partial charge on any atom is -0.504 e.